The van der Waals surface area contributed by atoms with E-state index < -0.39 is 0 Å². The lowest BCUT2D eigenvalue weighted by Gasteiger charge is -2.49. The zero-order valence-corrected chi connectivity index (χ0v) is 9.06. The van der Waals surface area contributed by atoms with Crippen molar-refractivity contribution in [3.05, 3.63) is 0 Å². The largest absolute Gasteiger partial charge is 0.305 e. The molecule has 1 saturated carbocycles. The van der Waals surface area contributed by atoms with E-state index in [0.717, 1.165) is 11.3 Å². The summed E-state index contributed by atoms with van der Waals surface area (Å²) in [6.45, 7) is 9.17. The Morgan fingerprint density at radius 3 is 2.17 bits per heavy atom. The lowest BCUT2D eigenvalue weighted by molar-refractivity contribution is -0.00516. The minimum Gasteiger partial charge on any atom is -0.305 e. The van der Waals surface area contributed by atoms with Crippen LogP contribution in [0.2, 0.25) is 0 Å². The summed E-state index contributed by atoms with van der Waals surface area (Å²) in [5.41, 5.74) is 0.773. The molecule has 0 unspecified atom stereocenters. The fourth-order valence-electron chi connectivity index (χ4n) is 2.81. The Hall–Kier alpha value is -0.0400. The first kappa shape index (κ1) is 10.0. The third-order valence-electron chi connectivity index (χ3n) is 3.53. The third kappa shape index (κ3) is 1.52. The molecule has 1 nitrogen and oxygen atoms in total. The van der Waals surface area contributed by atoms with Gasteiger partial charge in [0.15, 0.2) is 0 Å². The van der Waals surface area contributed by atoms with Gasteiger partial charge in [-0.3, -0.25) is 0 Å². The predicted molar refractivity (Wildman–Crippen MR) is 54.3 cm³/mol. The maximum Gasteiger partial charge on any atom is 0.00500 e. The van der Waals surface area contributed by atoms with Gasteiger partial charge in [-0.25, -0.2) is 0 Å². The summed E-state index contributed by atoms with van der Waals surface area (Å²) in [6.07, 6.45) is 4.46. The molecule has 1 heterocycles. The molecule has 1 aliphatic carbocycles. The van der Waals surface area contributed by atoms with E-state index in [2.05, 4.69) is 18.9 Å². The van der Waals surface area contributed by atoms with Crippen LogP contribution in [-0.2, 0) is 0 Å². The van der Waals surface area contributed by atoms with Gasteiger partial charge in [-0.05, 0) is 24.8 Å². The average Bonchev–Trinajstić information content (AvgIpc) is 2.37. The minimum absolute atomic E-state index is 0.773. The maximum absolute atomic E-state index is 2.45. The molecule has 2 aliphatic rings. The Bertz CT molecular complexity index is 136. The van der Waals surface area contributed by atoms with Gasteiger partial charge in [0.1, 0.15) is 0 Å². The highest BCUT2D eigenvalue weighted by atomic mass is 15.2. The van der Waals surface area contributed by atoms with Gasteiger partial charge in [0.25, 0.3) is 0 Å². The van der Waals surface area contributed by atoms with Crippen LogP contribution in [0.5, 0.6) is 0 Å². The van der Waals surface area contributed by atoms with Crippen molar-refractivity contribution < 1.29 is 0 Å². The van der Waals surface area contributed by atoms with E-state index in [1.807, 2.05) is 13.8 Å². The lowest BCUT2D eigenvalue weighted by Crippen LogP contribution is -2.55. The number of likely N-dealkylation sites (tertiary alicyclic amines) is 1. The van der Waals surface area contributed by atoms with Crippen molar-refractivity contribution in [3.63, 3.8) is 0 Å². The molecule has 12 heavy (non-hydrogen) atoms. The summed E-state index contributed by atoms with van der Waals surface area (Å²) in [7, 11) is 2.23. The van der Waals surface area contributed by atoms with Crippen LogP contribution < -0.4 is 0 Å². The number of rotatable bonds is 0. The van der Waals surface area contributed by atoms with Gasteiger partial charge >= 0.3 is 0 Å². The van der Waals surface area contributed by atoms with Gasteiger partial charge in [0.2, 0.25) is 0 Å². The molecule has 72 valence electrons. The van der Waals surface area contributed by atoms with Crippen molar-refractivity contribution in [2.45, 2.75) is 40.0 Å². The van der Waals surface area contributed by atoms with Crippen molar-refractivity contribution in [1.82, 2.24) is 4.90 Å². The molecule has 0 aromatic heterocycles. The van der Waals surface area contributed by atoms with Gasteiger partial charge < -0.3 is 4.90 Å². The van der Waals surface area contributed by atoms with Crippen LogP contribution in [0.1, 0.15) is 40.0 Å². The smallest absolute Gasteiger partial charge is 0.00500 e. The Kier molecular flexibility index (Phi) is 3.16. The molecule has 0 N–H and O–H groups in total. The molecular formula is C11H23N. The predicted octanol–water partition coefficient (Wildman–Crippen LogP) is 2.76. The molecule has 0 radical (unpaired) electrons. The van der Waals surface area contributed by atoms with Crippen molar-refractivity contribution in [2.75, 3.05) is 20.1 Å². The normalized spacial score (nSPS) is 32.5. The van der Waals surface area contributed by atoms with Crippen molar-refractivity contribution in [2.24, 2.45) is 11.3 Å². The average molecular weight is 169 g/mol. The number of hydrogen-bond acceptors (Lipinski definition) is 1. The topological polar surface area (TPSA) is 3.24 Å². The second kappa shape index (κ2) is 3.78. The SMILES string of the molecule is CC.C[C@@H]1CCCC12CN(C)C2. The van der Waals surface area contributed by atoms with E-state index in [-0.39, 0.29) is 0 Å². The summed E-state index contributed by atoms with van der Waals surface area (Å²) in [5.74, 6) is 1.00. The highest BCUT2D eigenvalue weighted by Crippen LogP contribution is 2.48. The van der Waals surface area contributed by atoms with Crippen molar-refractivity contribution >= 4 is 0 Å². The molecule has 1 heteroatoms. The second-order valence-electron chi connectivity index (χ2n) is 4.33. The van der Waals surface area contributed by atoms with Crippen LogP contribution >= 0.6 is 0 Å². The number of nitrogens with zero attached hydrogens (tertiary/aromatic N) is 1. The van der Waals surface area contributed by atoms with Gasteiger partial charge in [-0.1, -0.05) is 33.6 Å². The molecule has 0 amide bonds. The first-order chi connectivity index (χ1) is 5.73. The molecule has 1 spiro atoms. The molecule has 1 aliphatic heterocycles. The molecule has 1 saturated heterocycles. The molecule has 0 aromatic rings. The Morgan fingerprint density at radius 1 is 1.25 bits per heavy atom. The van der Waals surface area contributed by atoms with Crippen LogP contribution in [0.4, 0.5) is 0 Å². The lowest BCUT2D eigenvalue weighted by atomic mass is 9.72. The van der Waals surface area contributed by atoms with Gasteiger partial charge in [-0.15, -0.1) is 0 Å². The summed E-state index contributed by atoms with van der Waals surface area (Å²) in [4.78, 5) is 2.45. The first-order valence-electron chi connectivity index (χ1n) is 5.41. The zero-order chi connectivity index (χ0) is 9.19. The quantitative estimate of drug-likeness (QED) is 0.539. The summed E-state index contributed by atoms with van der Waals surface area (Å²) >= 11 is 0. The van der Waals surface area contributed by atoms with Crippen LogP contribution in [0.3, 0.4) is 0 Å². The van der Waals surface area contributed by atoms with Gasteiger partial charge in [0.05, 0.1) is 0 Å². The summed E-state index contributed by atoms with van der Waals surface area (Å²) < 4.78 is 0. The van der Waals surface area contributed by atoms with E-state index in [1.165, 1.54) is 32.4 Å². The maximum atomic E-state index is 2.45. The third-order valence-corrected chi connectivity index (χ3v) is 3.53. The standard InChI is InChI=1S/C9H17N.C2H6/c1-8-4-3-5-9(8)6-10(2)7-9;1-2/h8H,3-7H2,1-2H3;1-2H3/t8-;/m1./s1. The first-order valence-corrected chi connectivity index (χ1v) is 5.41. The van der Waals surface area contributed by atoms with Crippen LogP contribution in [0, 0.1) is 11.3 Å². The van der Waals surface area contributed by atoms with Gasteiger partial charge in [0, 0.05) is 13.1 Å². The Morgan fingerprint density at radius 2 is 1.83 bits per heavy atom. The fraction of sp³-hybridized carbons (Fsp3) is 1.00. The summed E-state index contributed by atoms with van der Waals surface area (Å²) in [6, 6.07) is 0. The monoisotopic (exact) mass is 169 g/mol. The van der Waals surface area contributed by atoms with Crippen molar-refractivity contribution in [1.29, 1.82) is 0 Å². The molecule has 0 bridgehead atoms. The van der Waals surface area contributed by atoms with E-state index in [0.29, 0.717) is 0 Å². The Labute approximate surface area is 77.1 Å². The fourth-order valence-corrected chi connectivity index (χ4v) is 2.81. The van der Waals surface area contributed by atoms with E-state index in [1.54, 1.807) is 0 Å². The highest BCUT2D eigenvalue weighted by Gasteiger charge is 2.47. The molecular weight excluding hydrogens is 146 g/mol. The zero-order valence-electron chi connectivity index (χ0n) is 9.06. The van der Waals surface area contributed by atoms with E-state index in [4.69, 9.17) is 0 Å². The molecule has 0 aromatic carbocycles. The van der Waals surface area contributed by atoms with Crippen LogP contribution in [0.15, 0.2) is 0 Å². The molecule has 2 rings (SSSR count). The molecule has 2 fully saturated rings. The minimum atomic E-state index is 0.773. The molecule has 1 atom stereocenters. The number of hydrogen-bond donors (Lipinski definition) is 0. The van der Waals surface area contributed by atoms with Crippen LogP contribution in [-0.4, -0.2) is 25.0 Å². The van der Waals surface area contributed by atoms with E-state index in [9.17, 15) is 0 Å². The summed E-state index contributed by atoms with van der Waals surface area (Å²) in [5, 5.41) is 0. The van der Waals surface area contributed by atoms with Gasteiger partial charge in [-0.2, -0.15) is 0 Å². The van der Waals surface area contributed by atoms with Crippen LogP contribution in [0.25, 0.3) is 0 Å². The highest BCUT2D eigenvalue weighted by molar-refractivity contribution is 5.00. The van der Waals surface area contributed by atoms with Crippen molar-refractivity contribution in [3.8, 4) is 0 Å². The second-order valence-corrected chi connectivity index (χ2v) is 4.33. The Balaban J connectivity index is 0.000000336. The van der Waals surface area contributed by atoms with E-state index >= 15 is 0 Å².